The maximum absolute atomic E-state index is 12.8. The number of hydrogen-bond acceptors (Lipinski definition) is 5. The fraction of sp³-hybridized carbons (Fsp3) is 0.235. The van der Waals surface area contributed by atoms with Crippen LogP contribution < -0.4 is 10.1 Å². The number of rotatable bonds is 4. The maximum atomic E-state index is 12.8. The highest BCUT2D eigenvalue weighted by molar-refractivity contribution is 14.1. The second-order valence-electron chi connectivity index (χ2n) is 5.86. The summed E-state index contributed by atoms with van der Waals surface area (Å²) in [6.07, 6.45) is 0.599. The summed E-state index contributed by atoms with van der Waals surface area (Å²) in [5, 5.41) is 15.1. The molecule has 0 spiro atoms. The molecule has 2 aromatic carbocycles. The number of hydrogen-bond donors (Lipinski definition) is 1. The number of benzene rings is 2. The fourth-order valence-corrected chi connectivity index (χ4v) is 3.53. The maximum Gasteiger partial charge on any atom is 0.387 e. The van der Waals surface area contributed by atoms with Crippen molar-refractivity contribution in [2.24, 2.45) is 0 Å². The molecule has 0 bridgehead atoms. The number of ether oxygens (including phenoxy) is 1. The lowest BCUT2D eigenvalue weighted by Gasteiger charge is -2.31. The van der Waals surface area contributed by atoms with Gasteiger partial charge in [-0.25, -0.2) is 4.68 Å². The summed E-state index contributed by atoms with van der Waals surface area (Å²) < 4.78 is 33.1. The summed E-state index contributed by atoms with van der Waals surface area (Å²) >= 11 is 2.25. The third kappa shape index (κ3) is 3.35. The lowest BCUT2D eigenvalue weighted by Crippen LogP contribution is -2.28. The molecule has 0 amide bonds. The van der Waals surface area contributed by atoms with E-state index in [1.807, 2.05) is 24.3 Å². The smallest absolute Gasteiger partial charge is 0.387 e. The summed E-state index contributed by atoms with van der Waals surface area (Å²) in [6, 6.07) is 14.5. The van der Waals surface area contributed by atoms with Crippen LogP contribution in [0.2, 0.25) is 0 Å². The molecule has 1 aliphatic heterocycles. The molecule has 6 nitrogen and oxygen atoms in total. The molecular formula is C17H14F2IN5O. The Labute approximate surface area is 161 Å². The number of anilines is 1. The van der Waals surface area contributed by atoms with Crippen molar-refractivity contribution >= 4 is 28.5 Å². The van der Waals surface area contributed by atoms with E-state index >= 15 is 0 Å². The highest BCUT2D eigenvalue weighted by Crippen LogP contribution is 2.40. The van der Waals surface area contributed by atoms with Gasteiger partial charge in [-0.15, -0.1) is 0 Å². The van der Waals surface area contributed by atoms with E-state index in [0.29, 0.717) is 17.9 Å². The quantitative estimate of drug-likeness (QED) is 0.585. The predicted molar refractivity (Wildman–Crippen MR) is 99.2 cm³/mol. The Morgan fingerprint density at radius 1 is 1.15 bits per heavy atom. The number of para-hydroxylation sites is 1. The summed E-state index contributed by atoms with van der Waals surface area (Å²) in [5.74, 6) is 0.633. The first-order chi connectivity index (χ1) is 12.6. The Kier molecular flexibility index (Phi) is 4.70. The molecule has 0 aliphatic carbocycles. The molecule has 134 valence electrons. The largest absolute Gasteiger partial charge is 0.434 e. The van der Waals surface area contributed by atoms with Crippen molar-refractivity contribution in [3.63, 3.8) is 0 Å². The van der Waals surface area contributed by atoms with Crippen LogP contribution in [0.1, 0.15) is 29.6 Å². The molecule has 2 heterocycles. The highest BCUT2D eigenvalue weighted by Gasteiger charge is 2.32. The van der Waals surface area contributed by atoms with E-state index in [9.17, 15) is 8.78 Å². The molecular weight excluding hydrogens is 455 g/mol. The van der Waals surface area contributed by atoms with Crippen LogP contribution >= 0.6 is 22.6 Å². The molecule has 0 fully saturated rings. The molecule has 26 heavy (non-hydrogen) atoms. The Morgan fingerprint density at radius 3 is 2.69 bits per heavy atom. The Balaban J connectivity index is 1.73. The SMILES string of the molecule is FC(F)Oc1ccccc1C1CC(c2ccc(I)cc2)Nc2nnnn21. The topological polar surface area (TPSA) is 64.9 Å². The summed E-state index contributed by atoms with van der Waals surface area (Å²) in [4.78, 5) is 0. The molecule has 4 rings (SSSR count). The van der Waals surface area contributed by atoms with Crippen LogP contribution in [0, 0.1) is 3.57 Å². The van der Waals surface area contributed by atoms with Gasteiger partial charge in [0.25, 0.3) is 0 Å². The van der Waals surface area contributed by atoms with Gasteiger partial charge in [-0.1, -0.05) is 35.4 Å². The summed E-state index contributed by atoms with van der Waals surface area (Å²) in [5.41, 5.74) is 1.70. The zero-order valence-corrected chi connectivity index (χ0v) is 15.5. The molecule has 9 heteroatoms. The molecule has 0 radical (unpaired) electrons. The number of alkyl halides is 2. The van der Waals surface area contributed by atoms with Crippen molar-refractivity contribution < 1.29 is 13.5 Å². The minimum atomic E-state index is -2.89. The van der Waals surface area contributed by atoms with Gasteiger partial charge in [0.05, 0.1) is 12.1 Å². The zero-order valence-electron chi connectivity index (χ0n) is 13.4. The summed E-state index contributed by atoms with van der Waals surface area (Å²) in [6.45, 7) is -2.89. The monoisotopic (exact) mass is 469 g/mol. The van der Waals surface area contributed by atoms with E-state index in [1.165, 1.54) is 6.07 Å². The van der Waals surface area contributed by atoms with E-state index in [1.54, 1.807) is 22.9 Å². The van der Waals surface area contributed by atoms with E-state index in [0.717, 1.165) is 9.13 Å². The van der Waals surface area contributed by atoms with Crippen molar-refractivity contribution in [2.75, 3.05) is 5.32 Å². The molecule has 2 unspecified atom stereocenters. The fourth-order valence-electron chi connectivity index (χ4n) is 3.17. The Bertz CT molecular complexity index is 902. The number of halogens is 3. The molecule has 1 N–H and O–H groups in total. The average Bonchev–Trinajstić information content (AvgIpc) is 3.10. The Morgan fingerprint density at radius 2 is 1.92 bits per heavy atom. The van der Waals surface area contributed by atoms with Crippen LogP contribution in [0.15, 0.2) is 48.5 Å². The van der Waals surface area contributed by atoms with Crippen LogP contribution in [0.3, 0.4) is 0 Å². The van der Waals surface area contributed by atoms with Gasteiger partial charge in [-0.3, -0.25) is 0 Å². The van der Waals surface area contributed by atoms with Crippen LogP contribution in [-0.2, 0) is 0 Å². The lowest BCUT2D eigenvalue weighted by molar-refractivity contribution is -0.0507. The number of aromatic nitrogens is 4. The van der Waals surface area contributed by atoms with Crippen LogP contribution in [0.4, 0.5) is 14.7 Å². The van der Waals surface area contributed by atoms with E-state index in [-0.39, 0.29) is 17.8 Å². The van der Waals surface area contributed by atoms with Gasteiger partial charge in [-0.05, 0) is 63.2 Å². The lowest BCUT2D eigenvalue weighted by atomic mass is 9.93. The minimum Gasteiger partial charge on any atom is -0.434 e. The van der Waals surface area contributed by atoms with Gasteiger partial charge >= 0.3 is 6.61 Å². The highest BCUT2D eigenvalue weighted by atomic mass is 127. The molecule has 0 saturated carbocycles. The second kappa shape index (κ2) is 7.14. The van der Waals surface area contributed by atoms with Gasteiger partial charge in [0.2, 0.25) is 5.95 Å². The van der Waals surface area contributed by atoms with Crippen molar-refractivity contribution in [2.45, 2.75) is 25.1 Å². The van der Waals surface area contributed by atoms with Crippen molar-refractivity contribution in [1.82, 2.24) is 20.2 Å². The molecule has 0 saturated heterocycles. The second-order valence-corrected chi connectivity index (χ2v) is 7.11. The van der Waals surface area contributed by atoms with Gasteiger partial charge in [0.1, 0.15) is 5.75 Å². The molecule has 2 atom stereocenters. The molecule has 1 aliphatic rings. The van der Waals surface area contributed by atoms with Crippen molar-refractivity contribution in [3.05, 3.63) is 63.2 Å². The molecule has 1 aromatic heterocycles. The first-order valence-corrected chi connectivity index (χ1v) is 9.03. The van der Waals surface area contributed by atoms with Crippen LogP contribution in [0.5, 0.6) is 5.75 Å². The number of nitrogens with one attached hydrogen (secondary N) is 1. The van der Waals surface area contributed by atoms with E-state index in [4.69, 9.17) is 4.74 Å². The first-order valence-electron chi connectivity index (χ1n) is 7.95. The van der Waals surface area contributed by atoms with Gasteiger partial charge < -0.3 is 10.1 Å². The minimum absolute atomic E-state index is 0.0462. The van der Waals surface area contributed by atoms with Crippen molar-refractivity contribution in [1.29, 1.82) is 0 Å². The first kappa shape index (κ1) is 17.1. The zero-order chi connectivity index (χ0) is 18.1. The average molecular weight is 469 g/mol. The Hall–Kier alpha value is -2.30. The number of fused-ring (bicyclic) bond motifs is 1. The standard InChI is InChI=1S/C17H14F2IN5O/c18-16(19)26-15-4-2-1-3-12(15)14-9-13(10-5-7-11(20)8-6-10)21-17-22-23-24-25(14)17/h1-8,13-14,16H,9H2,(H,21,22,24). The summed E-state index contributed by atoms with van der Waals surface area (Å²) in [7, 11) is 0. The van der Waals surface area contributed by atoms with E-state index in [2.05, 4.69) is 43.4 Å². The normalized spacial score (nSPS) is 19.1. The predicted octanol–water partition coefficient (Wildman–Crippen LogP) is 4.03. The van der Waals surface area contributed by atoms with E-state index < -0.39 is 6.61 Å². The van der Waals surface area contributed by atoms with Crippen LogP contribution in [-0.4, -0.2) is 26.8 Å². The van der Waals surface area contributed by atoms with Gasteiger partial charge in [0.15, 0.2) is 0 Å². The third-order valence-electron chi connectivity index (χ3n) is 4.32. The van der Waals surface area contributed by atoms with Gasteiger partial charge in [0, 0.05) is 9.13 Å². The van der Waals surface area contributed by atoms with Crippen molar-refractivity contribution in [3.8, 4) is 5.75 Å². The van der Waals surface area contributed by atoms with Gasteiger partial charge in [-0.2, -0.15) is 8.78 Å². The number of tetrazole rings is 1. The van der Waals surface area contributed by atoms with Crippen LogP contribution in [0.25, 0.3) is 0 Å². The number of nitrogens with zero attached hydrogens (tertiary/aromatic N) is 4. The molecule has 3 aromatic rings. The third-order valence-corrected chi connectivity index (χ3v) is 5.04.